The van der Waals surface area contributed by atoms with Crippen LogP contribution in [-0.2, 0) is 19.5 Å². The predicted molar refractivity (Wildman–Crippen MR) is 117 cm³/mol. The first-order valence-electron chi connectivity index (χ1n) is 11.0. The van der Waals surface area contributed by atoms with Crippen LogP contribution < -0.4 is 4.90 Å². The van der Waals surface area contributed by atoms with E-state index in [4.69, 9.17) is 9.97 Å². The summed E-state index contributed by atoms with van der Waals surface area (Å²) in [5, 5.41) is 0. The monoisotopic (exact) mass is 403 g/mol. The highest BCUT2D eigenvalue weighted by Crippen LogP contribution is 2.23. The molecule has 0 bridgehead atoms. The Labute approximate surface area is 177 Å². The Hall–Kier alpha value is -2.80. The van der Waals surface area contributed by atoms with Gasteiger partial charge < -0.3 is 9.47 Å². The van der Waals surface area contributed by atoms with Crippen molar-refractivity contribution in [1.82, 2.24) is 29.4 Å². The van der Waals surface area contributed by atoms with Gasteiger partial charge in [0.25, 0.3) is 0 Å². The molecule has 0 amide bonds. The summed E-state index contributed by atoms with van der Waals surface area (Å²) in [6.45, 7) is 10.3. The lowest BCUT2D eigenvalue weighted by Gasteiger charge is -2.36. The molecule has 7 nitrogen and oxygen atoms in total. The average Bonchev–Trinajstić information content (AvgIpc) is 3.09. The number of aromatic nitrogens is 5. The number of rotatable bonds is 4. The molecule has 156 valence electrons. The summed E-state index contributed by atoms with van der Waals surface area (Å²) in [6.07, 6.45) is 7.27. The van der Waals surface area contributed by atoms with Gasteiger partial charge in [-0.2, -0.15) is 0 Å². The number of pyridine rings is 1. The van der Waals surface area contributed by atoms with E-state index in [0.29, 0.717) is 0 Å². The minimum absolute atomic E-state index is 0.752. The molecule has 0 spiro atoms. The molecule has 30 heavy (non-hydrogen) atoms. The van der Waals surface area contributed by atoms with Gasteiger partial charge in [-0.15, -0.1) is 0 Å². The Morgan fingerprint density at radius 3 is 2.63 bits per heavy atom. The minimum Gasteiger partial charge on any atom is -0.354 e. The summed E-state index contributed by atoms with van der Waals surface area (Å²) >= 11 is 0. The molecule has 5 rings (SSSR count). The van der Waals surface area contributed by atoms with Gasteiger partial charge in [0.05, 0.1) is 11.4 Å². The Morgan fingerprint density at radius 1 is 0.967 bits per heavy atom. The maximum atomic E-state index is 4.84. The fourth-order valence-electron chi connectivity index (χ4n) is 4.56. The number of anilines is 1. The molecule has 3 aromatic rings. The largest absolute Gasteiger partial charge is 0.354 e. The van der Waals surface area contributed by atoms with E-state index in [1.807, 2.05) is 25.3 Å². The molecule has 5 heterocycles. The lowest BCUT2D eigenvalue weighted by Crippen LogP contribution is -2.46. The van der Waals surface area contributed by atoms with Crippen molar-refractivity contribution in [3.8, 4) is 11.4 Å². The van der Waals surface area contributed by atoms with Crippen LogP contribution in [0, 0.1) is 13.8 Å². The van der Waals surface area contributed by atoms with Crippen molar-refractivity contribution in [2.24, 2.45) is 0 Å². The fraction of sp³-hybridized carbons (Fsp3) is 0.478. The van der Waals surface area contributed by atoms with Crippen LogP contribution in [0.1, 0.15) is 35.7 Å². The standard InChI is InChI=1S/C23H29N7/c1-17-14-22(27-23(25-17)19-6-5-8-24-15-19)29-12-10-28(11-13-29)16-20-18(2)26-21-7-3-4-9-30(20)21/h5-6,8,14-15H,3-4,7,9-13,16H2,1-2H3. The maximum Gasteiger partial charge on any atom is 0.163 e. The van der Waals surface area contributed by atoms with E-state index in [9.17, 15) is 0 Å². The second-order valence-corrected chi connectivity index (χ2v) is 8.36. The lowest BCUT2D eigenvalue weighted by molar-refractivity contribution is 0.241. The summed E-state index contributed by atoms with van der Waals surface area (Å²) in [4.78, 5) is 23.4. The number of hydrogen-bond donors (Lipinski definition) is 0. The van der Waals surface area contributed by atoms with Gasteiger partial charge in [-0.05, 0) is 38.8 Å². The van der Waals surface area contributed by atoms with E-state index < -0.39 is 0 Å². The van der Waals surface area contributed by atoms with Crippen LogP contribution in [-0.4, -0.2) is 55.6 Å². The second kappa shape index (κ2) is 8.14. The highest BCUT2D eigenvalue weighted by molar-refractivity contribution is 5.56. The molecule has 0 saturated carbocycles. The quantitative estimate of drug-likeness (QED) is 0.667. The molecule has 0 atom stereocenters. The fourth-order valence-corrected chi connectivity index (χ4v) is 4.56. The molecule has 0 aliphatic carbocycles. The first kappa shape index (κ1) is 19.2. The average molecular weight is 404 g/mol. The maximum absolute atomic E-state index is 4.84. The van der Waals surface area contributed by atoms with Gasteiger partial charge >= 0.3 is 0 Å². The van der Waals surface area contributed by atoms with Gasteiger partial charge in [0.1, 0.15) is 11.6 Å². The van der Waals surface area contributed by atoms with E-state index in [1.54, 1.807) is 6.20 Å². The number of hydrogen-bond acceptors (Lipinski definition) is 6. The van der Waals surface area contributed by atoms with Gasteiger partial charge in [-0.1, -0.05) is 0 Å². The summed E-state index contributed by atoms with van der Waals surface area (Å²) in [6, 6.07) is 6.03. The molecule has 0 N–H and O–H groups in total. The van der Waals surface area contributed by atoms with Gasteiger partial charge in [0.15, 0.2) is 5.82 Å². The molecular weight excluding hydrogens is 374 g/mol. The van der Waals surface area contributed by atoms with Crippen molar-refractivity contribution >= 4 is 5.82 Å². The van der Waals surface area contributed by atoms with Gasteiger partial charge in [-0.3, -0.25) is 9.88 Å². The summed E-state index contributed by atoms with van der Waals surface area (Å²) in [7, 11) is 0. The zero-order valence-electron chi connectivity index (χ0n) is 17.9. The van der Waals surface area contributed by atoms with Crippen LogP contribution in [0.2, 0.25) is 0 Å². The molecule has 7 heteroatoms. The molecule has 0 radical (unpaired) electrons. The Kier molecular flexibility index (Phi) is 5.21. The smallest absolute Gasteiger partial charge is 0.163 e. The Bertz CT molecular complexity index is 1020. The van der Waals surface area contributed by atoms with Gasteiger partial charge in [0.2, 0.25) is 0 Å². The molecule has 0 aromatic carbocycles. The van der Waals surface area contributed by atoms with Gasteiger partial charge in [-0.25, -0.2) is 15.0 Å². The Balaban J connectivity index is 1.28. The van der Waals surface area contributed by atoms with Crippen molar-refractivity contribution in [2.45, 2.75) is 46.2 Å². The SMILES string of the molecule is Cc1cc(N2CCN(Cc3c(C)nc4n3CCCC4)CC2)nc(-c2cccnc2)n1. The van der Waals surface area contributed by atoms with Crippen LogP contribution in [0.5, 0.6) is 0 Å². The third-order valence-electron chi connectivity index (χ3n) is 6.21. The number of aryl methyl sites for hydroxylation is 3. The number of fused-ring (bicyclic) bond motifs is 1. The zero-order valence-corrected chi connectivity index (χ0v) is 17.9. The second-order valence-electron chi connectivity index (χ2n) is 8.36. The van der Waals surface area contributed by atoms with E-state index in [-0.39, 0.29) is 0 Å². The highest BCUT2D eigenvalue weighted by Gasteiger charge is 2.23. The van der Waals surface area contributed by atoms with Crippen LogP contribution in [0.15, 0.2) is 30.6 Å². The van der Waals surface area contributed by atoms with Gasteiger partial charge in [0, 0.05) is 75.4 Å². The van der Waals surface area contributed by atoms with Crippen LogP contribution in [0.25, 0.3) is 11.4 Å². The first-order chi connectivity index (χ1) is 14.7. The van der Waals surface area contributed by atoms with Crippen LogP contribution in [0.3, 0.4) is 0 Å². The topological polar surface area (TPSA) is 63.0 Å². The summed E-state index contributed by atoms with van der Waals surface area (Å²) < 4.78 is 2.47. The van der Waals surface area contributed by atoms with Crippen molar-refractivity contribution in [2.75, 3.05) is 31.1 Å². The molecule has 1 saturated heterocycles. The summed E-state index contributed by atoms with van der Waals surface area (Å²) in [5.41, 5.74) is 4.57. The van der Waals surface area contributed by atoms with Crippen molar-refractivity contribution in [3.63, 3.8) is 0 Å². The van der Waals surface area contributed by atoms with E-state index in [1.165, 1.54) is 30.1 Å². The van der Waals surface area contributed by atoms with E-state index in [0.717, 1.165) is 68.6 Å². The normalized spacial score (nSPS) is 17.2. The first-order valence-corrected chi connectivity index (χ1v) is 11.0. The third-order valence-corrected chi connectivity index (χ3v) is 6.21. The summed E-state index contributed by atoms with van der Waals surface area (Å²) in [5.74, 6) is 3.05. The molecule has 3 aromatic heterocycles. The zero-order chi connectivity index (χ0) is 20.5. The molecular formula is C23H29N7. The van der Waals surface area contributed by atoms with E-state index in [2.05, 4.69) is 37.3 Å². The molecule has 2 aliphatic heterocycles. The predicted octanol–water partition coefficient (Wildman–Crippen LogP) is 3.01. The van der Waals surface area contributed by atoms with Crippen molar-refractivity contribution in [1.29, 1.82) is 0 Å². The minimum atomic E-state index is 0.752. The van der Waals surface area contributed by atoms with Crippen LogP contribution in [0.4, 0.5) is 5.82 Å². The molecule has 0 unspecified atom stereocenters. The number of piperazine rings is 1. The number of imidazole rings is 1. The van der Waals surface area contributed by atoms with E-state index >= 15 is 0 Å². The highest BCUT2D eigenvalue weighted by atomic mass is 15.3. The molecule has 1 fully saturated rings. The molecule has 2 aliphatic rings. The van der Waals surface area contributed by atoms with Crippen molar-refractivity contribution in [3.05, 3.63) is 53.5 Å². The van der Waals surface area contributed by atoms with Crippen molar-refractivity contribution < 1.29 is 0 Å². The lowest BCUT2D eigenvalue weighted by atomic mass is 10.1. The number of nitrogens with zero attached hydrogens (tertiary/aromatic N) is 7. The van der Waals surface area contributed by atoms with Crippen LogP contribution >= 0.6 is 0 Å². The Morgan fingerprint density at radius 2 is 1.83 bits per heavy atom. The third kappa shape index (κ3) is 3.81.